The largest absolute Gasteiger partial charge is 0.491 e. The Balaban J connectivity index is 2.27. The lowest BCUT2D eigenvalue weighted by Gasteiger charge is -2.13. The fraction of sp³-hybridized carbons (Fsp3) is 0.571. The average molecular weight is 253 g/mol. The number of hydrogen-bond acceptors (Lipinski definition) is 4. The van der Waals surface area contributed by atoms with Gasteiger partial charge in [0.15, 0.2) is 0 Å². The van der Waals surface area contributed by atoms with Gasteiger partial charge in [0.05, 0.1) is 6.61 Å². The molecule has 1 aromatic rings. The SMILES string of the molecule is COCCCOCCOc1c(C)cc(N)cc1C. The van der Waals surface area contributed by atoms with Gasteiger partial charge in [-0.05, 0) is 43.5 Å². The summed E-state index contributed by atoms with van der Waals surface area (Å²) in [5, 5.41) is 0. The van der Waals surface area contributed by atoms with Crippen LogP contribution in [0.3, 0.4) is 0 Å². The van der Waals surface area contributed by atoms with Gasteiger partial charge in [0.2, 0.25) is 0 Å². The predicted octanol–water partition coefficient (Wildman–Crippen LogP) is 2.32. The van der Waals surface area contributed by atoms with Gasteiger partial charge in [-0.15, -0.1) is 0 Å². The Kier molecular flexibility index (Phi) is 6.54. The first-order valence-electron chi connectivity index (χ1n) is 6.21. The van der Waals surface area contributed by atoms with Crippen molar-refractivity contribution in [2.45, 2.75) is 20.3 Å². The molecule has 0 saturated carbocycles. The first-order valence-corrected chi connectivity index (χ1v) is 6.21. The van der Waals surface area contributed by atoms with Crippen molar-refractivity contribution >= 4 is 5.69 Å². The number of nitrogens with two attached hydrogens (primary N) is 1. The minimum atomic E-state index is 0.554. The average Bonchev–Trinajstić information content (AvgIpc) is 2.30. The van der Waals surface area contributed by atoms with Crippen LogP contribution in [-0.4, -0.2) is 33.5 Å². The number of rotatable bonds is 8. The highest BCUT2D eigenvalue weighted by Gasteiger charge is 2.04. The van der Waals surface area contributed by atoms with Crippen LogP contribution < -0.4 is 10.5 Å². The van der Waals surface area contributed by atoms with E-state index in [1.54, 1.807) is 7.11 Å². The van der Waals surface area contributed by atoms with Crippen molar-refractivity contribution in [2.75, 3.05) is 39.3 Å². The van der Waals surface area contributed by atoms with E-state index in [4.69, 9.17) is 19.9 Å². The monoisotopic (exact) mass is 253 g/mol. The molecule has 4 nitrogen and oxygen atoms in total. The van der Waals surface area contributed by atoms with Crippen LogP contribution >= 0.6 is 0 Å². The molecule has 0 radical (unpaired) electrons. The molecule has 18 heavy (non-hydrogen) atoms. The summed E-state index contributed by atoms with van der Waals surface area (Å²) in [6.45, 7) is 6.58. The van der Waals surface area contributed by atoms with Gasteiger partial charge in [-0.1, -0.05) is 0 Å². The Morgan fingerprint density at radius 1 is 1.00 bits per heavy atom. The van der Waals surface area contributed by atoms with Crippen molar-refractivity contribution in [3.8, 4) is 5.75 Å². The standard InChI is InChI=1S/C14H23NO3/c1-11-9-13(15)10-12(2)14(11)18-8-7-17-6-4-5-16-3/h9-10H,4-8,15H2,1-3H3. The zero-order chi connectivity index (χ0) is 13.4. The van der Waals surface area contributed by atoms with Crippen LogP contribution in [0.4, 0.5) is 5.69 Å². The quantitative estimate of drug-likeness (QED) is 0.570. The van der Waals surface area contributed by atoms with Crippen LogP contribution in [0, 0.1) is 13.8 Å². The summed E-state index contributed by atoms with van der Waals surface area (Å²) in [5.41, 5.74) is 8.65. The number of anilines is 1. The smallest absolute Gasteiger partial charge is 0.125 e. The number of nitrogen functional groups attached to an aromatic ring is 1. The van der Waals surface area contributed by atoms with Gasteiger partial charge < -0.3 is 19.9 Å². The van der Waals surface area contributed by atoms with Gasteiger partial charge in [0.25, 0.3) is 0 Å². The summed E-state index contributed by atoms with van der Waals surface area (Å²) in [4.78, 5) is 0. The van der Waals surface area contributed by atoms with E-state index in [0.717, 1.165) is 35.6 Å². The Labute approximate surface area is 109 Å². The highest BCUT2D eigenvalue weighted by Crippen LogP contribution is 2.25. The van der Waals surface area contributed by atoms with E-state index in [0.29, 0.717) is 19.8 Å². The van der Waals surface area contributed by atoms with Gasteiger partial charge in [-0.2, -0.15) is 0 Å². The zero-order valence-electron chi connectivity index (χ0n) is 11.5. The van der Waals surface area contributed by atoms with Crippen LogP contribution in [0.15, 0.2) is 12.1 Å². The van der Waals surface area contributed by atoms with Gasteiger partial charge in [0, 0.05) is 26.0 Å². The van der Waals surface area contributed by atoms with Crippen molar-refractivity contribution in [1.82, 2.24) is 0 Å². The summed E-state index contributed by atoms with van der Waals surface area (Å²) in [5.74, 6) is 0.907. The molecule has 0 atom stereocenters. The van der Waals surface area contributed by atoms with Crippen molar-refractivity contribution in [3.05, 3.63) is 23.3 Å². The van der Waals surface area contributed by atoms with E-state index in [9.17, 15) is 0 Å². The van der Waals surface area contributed by atoms with Crippen molar-refractivity contribution in [1.29, 1.82) is 0 Å². The van der Waals surface area contributed by atoms with Gasteiger partial charge in [-0.3, -0.25) is 0 Å². The Morgan fingerprint density at radius 3 is 2.28 bits per heavy atom. The van der Waals surface area contributed by atoms with Crippen LogP contribution in [0.2, 0.25) is 0 Å². The van der Waals surface area contributed by atoms with Crippen LogP contribution in [0.1, 0.15) is 17.5 Å². The number of methoxy groups -OCH3 is 1. The number of aryl methyl sites for hydroxylation is 2. The molecule has 0 bridgehead atoms. The molecule has 0 aliphatic heterocycles. The van der Waals surface area contributed by atoms with Crippen LogP contribution in [0.5, 0.6) is 5.75 Å². The second-order valence-corrected chi connectivity index (χ2v) is 4.29. The van der Waals surface area contributed by atoms with Crippen LogP contribution in [-0.2, 0) is 9.47 Å². The lowest BCUT2D eigenvalue weighted by Crippen LogP contribution is -2.10. The highest BCUT2D eigenvalue weighted by molar-refractivity contribution is 5.52. The fourth-order valence-electron chi connectivity index (χ4n) is 1.82. The molecule has 1 rings (SSSR count). The number of benzene rings is 1. The van der Waals surface area contributed by atoms with Gasteiger partial charge in [0.1, 0.15) is 12.4 Å². The third-order valence-corrected chi connectivity index (χ3v) is 2.59. The minimum absolute atomic E-state index is 0.554. The predicted molar refractivity (Wildman–Crippen MR) is 73.1 cm³/mol. The van der Waals surface area contributed by atoms with E-state index in [1.807, 2.05) is 26.0 Å². The van der Waals surface area contributed by atoms with E-state index < -0.39 is 0 Å². The van der Waals surface area contributed by atoms with E-state index in [1.165, 1.54) is 0 Å². The third-order valence-electron chi connectivity index (χ3n) is 2.59. The fourth-order valence-corrected chi connectivity index (χ4v) is 1.82. The topological polar surface area (TPSA) is 53.7 Å². The second-order valence-electron chi connectivity index (χ2n) is 4.29. The van der Waals surface area contributed by atoms with E-state index in [2.05, 4.69) is 0 Å². The minimum Gasteiger partial charge on any atom is -0.491 e. The number of ether oxygens (including phenoxy) is 3. The maximum Gasteiger partial charge on any atom is 0.125 e. The molecule has 0 aliphatic carbocycles. The maximum atomic E-state index is 5.76. The molecule has 1 aromatic carbocycles. The summed E-state index contributed by atoms with van der Waals surface area (Å²) in [7, 11) is 1.69. The Morgan fingerprint density at radius 2 is 1.67 bits per heavy atom. The molecule has 0 amide bonds. The highest BCUT2D eigenvalue weighted by atomic mass is 16.5. The molecular formula is C14H23NO3. The lowest BCUT2D eigenvalue weighted by molar-refractivity contribution is 0.0803. The normalized spacial score (nSPS) is 10.6. The van der Waals surface area contributed by atoms with Gasteiger partial charge in [-0.25, -0.2) is 0 Å². The first kappa shape index (κ1) is 14.8. The Bertz CT molecular complexity index is 343. The molecule has 0 saturated heterocycles. The summed E-state index contributed by atoms with van der Waals surface area (Å²) in [6.07, 6.45) is 0.913. The van der Waals surface area contributed by atoms with Crippen LogP contribution in [0.25, 0.3) is 0 Å². The molecule has 102 valence electrons. The molecule has 0 heterocycles. The molecular weight excluding hydrogens is 230 g/mol. The molecule has 0 unspecified atom stereocenters. The third kappa shape index (κ3) is 4.94. The molecule has 0 fully saturated rings. The van der Waals surface area contributed by atoms with Crippen molar-refractivity contribution in [3.63, 3.8) is 0 Å². The first-order chi connectivity index (χ1) is 8.65. The van der Waals surface area contributed by atoms with E-state index >= 15 is 0 Å². The van der Waals surface area contributed by atoms with E-state index in [-0.39, 0.29) is 0 Å². The molecule has 0 spiro atoms. The van der Waals surface area contributed by atoms with Crippen molar-refractivity contribution in [2.24, 2.45) is 0 Å². The number of hydrogen-bond donors (Lipinski definition) is 1. The maximum absolute atomic E-state index is 5.76. The molecule has 0 aliphatic rings. The van der Waals surface area contributed by atoms with Gasteiger partial charge >= 0.3 is 0 Å². The molecule has 2 N–H and O–H groups in total. The second kappa shape index (κ2) is 7.95. The molecule has 0 aromatic heterocycles. The summed E-state index contributed by atoms with van der Waals surface area (Å²) < 4.78 is 16.1. The Hall–Kier alpha value is -1.26. The summed E-state index contributed by atoms with van der Waals surface area (Å²) in [6, 6.07) is 3.84. The van der Waals surface area contributed by atoms with Crippen molar-refractivity contribution < 1.29 is 14.2 Å². The lowest BCUT2D eigenvalue weighted by atomic mass is 10.1. The summed E-state index contributed by atoms with van der Waals surface area (Å²) >= 11 is 0. The zero-order valence-corrected chi connectivity index (χ0v) is 11.5. The molecule has 4 heteroatoms.